The van der Waals surface area contributed by atoms with Gasteiger partial charge in [0.15, 0.2) is 11.3 Å². The zero-order valence-corrected chi connectivity index (χ0v) is 23.3. The molecule has 204 valence electrons. The molecule has 38 heavy (non-hydrogen) atoms. The van der Waals surface area contributed by atoms with Gasteiger partial charge < -0.3 is 30.2 Å². The fourth-order valence-electron chi connectivity index (χ4n) is 5.05. The summed E-state index contributed by atoms with van der Waals surface area (Å²) in [6.45, 7) is 11.3. The van der Waals surface area contributed by atoms with E-state index in [1.54, 1.807) is 29.7 Å². The summed E-state index contributed by atoms with van der Waals surface area (Å²) in [5, 5.41) is 0. The summed E-state index contributed by atoms with van der Waals surface area (Å²) in [5.74, 6) is -0.386. The highest BCUT2D eigenvalue weighted by molar-refractivity contribution is 6.09. The highest BCUT2D eigenvalue weighted by Gasteiger charge is 2.33. The Labute approximate surface area is 223 Å². The Morgan fingerprint density at radius 2 is 1.68 bits per heavy atom. The molecule has 1 aromatic carbocycles. The van der Waals surface area contributed by atoms with Gasteiger partial charge in [-0.1, -0.05) is 13.8 Å². The number of carbonyl (C=O) groups is 2. The van der Waals surface area contributed by atoms with Gasteiger partial charge in [0, 0.05) is 29.9 Å². The number of fused-ring (bicyclic) bond motifs is 2. The highest BCUT2D eigenvalue weighted by Crippen LogP contribution is 2.37. The standard InChI is InChI=1S/C28H38N6O4/c1-7-9-32(10-8-2)28(37)20-21(30)24(35)17(4)26-23(20)31-22-18(15-19(29)16(3)25(22)38-26)27(36)33-11-13-34(5,6)14-12-33/h15H,7-14H2,1-6H3,(H3-,29,30,31,35,36,37)/p+1. The van der Waals surface area contributed by atoms with Crippen LogP contribution in [0.3, 0.4) is 0 Å². The molecule has 4 rings (SSSR count). The first-order valence-electron chi connectivity index (χ1n) is 13.3. The Balaban J connectivity index is 1.99. The molecule has 0 atom stereocenters. The molecule has 1 saturated heterocycles. The van der Waals surface area contributed by atoms with Crippen LogP contribution in [0.4, 0.5) is 11.4 Å². The van der Waals surface area contributed by atoms with Gasteiger partial charge in [-0.25, -0.2) is 4.98 Å². The van der Waals surface area contributed by atoms with E-state index in [4.69, 9.17) is 20.9 Å². The van der Waals surface area contributed by atoms with Gasteiger partial charge in [0.2, 0.25) is 5.43 Å². The number of nitrogens with two attached hydrogens (primary N) is 2. The minimum Gasteiger partial charge on any atom is -0.452 e. The number of anilines is 2. The van der Waals surface area contributed by atoms with Crippen LogP contribution in [0.1, 0.15) is 58.5 Å². The van der Waals surface area contributed by atoms with Crippen molar-refractivity contribution in [1.29, 1.82) is 0 Å². The van der Waals surface area contributed by atoms with Gasteiger partial charge in [0.25, 0.3) is 11.8 Å². The van der Waals surface area contributed by atoms with Crippen LogP contribution in [0.25, 0.3) is 22.6 Å². The normalized spacial score (nSPS) is 15.3. The predicted octanol–water partition coefficient (Wildman–Crippen LogP) is 2.87. The van der Waals surface area contributed by atoms with Crippen molar-refractivity contribution in [3.63, 3.8) is 0 Å². The topological polar surface area (TPSA) is 136 Å². The van der Waals surface area contributed by atoms with E-state index in [0.29, 0.717) is 54.1 Å². The zero-order valence-electron chi connectivity index (χ0n) is 23.3. The molecule has 0 unspecified atom stereocenters. The third-order valence-electron chi connectivity index (χ3n) is 7.57. The van der Waals surface area contributed by atoms with Crippen LogP contribution in [0.2, 0.25) is 0 Å². The summed E-state index contributed by atoms with van der Waals surface area (Å²) in [6, 6.07) is 1.63. The molecule has 0 spiro atoms. The van der Waals surface area contributed by atoms with Crippen LogP contribution in [0.5, 0.6) is 0 Å². The van der Waals surface area contributed by atoms with Crippen molar-refractivity contribution in [3.05, 3.63) is 38.5 Å². The van der Waals surface area contributed by atoms with E-state index in [1.165, 1.54) is 0 Å². The Kier molecular flexibility index (Phi) is 7.38. The largest absolute Gasteiger partial charge is 0.452 e. The third-order valence-corrected chi connectivity index (χ3v) is 7.57. The number of hydrogen-bond acceptors (Lipinski definition) is 7. The molecule has 0 aromatic heterocycles. The van der Waals surface area contributed by atoms with Gasteiger partial charge in [-0.2, -0.15) is 0 Å². The van der Waals surface area contributed by atoms with Crippen LogP contribution < -0.4 is 16.9 Å². The highest BCUT2D eigenvalue weighted by atomic mass is 16.3. The number of piperazine rings is 1. The number of hydrogen-bond donors (Lipinski definition) is 2. The van der Waals surface area contributed by atoms with Crippen molar-refractivity contribution < 1.29 is 18.5 Å². The van der Waals surface area contributed by atoms with Crippen molar-refractivity contribution in [1.82, 2.24) is 14.8 Å². The predicted molar refractivity (Wildman–Crippen MR) is 149 cm³/mol. The number of amides is 2. The van der Waals surface area contributed by atoms with Crippen LogP contribution >= 0.6 is 0 Å². The van der Waals surface area contributed by atoms with Crippen molar-refractivity contribution in [2.45, 2.75) is 40.5 Å². The molecule has 2 heterocycles. The minimum atomic E-state index is -0.467. The van der Waals surface area contributed by atoms with E-state index in [0.717, 1.165) is 30.4 Å². The average molecular weight is 524 g/mol. The van der Waals surface area contributed by atoms with Gasteiger partial charge in [0.1, 0.15) is 11.2 Å². The summed E-state index contributed by atoms with van der Waals surface area (Å²) >= 11 is 0. The lowest BCUT2D eigenvalue weighted by Gasteiger charge is -2.39. The second-order valence-corrected chi connectivity index (χ2v) is 10.9. The maximum absolute atomic E-state index is 13.7. The van der Waals surface area contributed by atoms with Crippen molar-refractivity contribution >= 4 is 34.3 Å². The summed E-state index contributed by atoms with van der Waals surface area (Å²) in [4.78, 5) is 48.9. The maximum Gasteiger partial charge on any atom is 0.258 e. The fourth-order valence-corrected chi connectivity index (χ4v) is 5.05. The third kappa shape index (κ3) is 4.69. The van der Waals surface area contributed by atoms with Crippen LogP contribution in [0, 0.1) is 13.8 Å². The van der Waals surface area contributed by atoms with E-state index in [-0.39, 0.29) is 40.1 Å². The summed E-state index contributed by atoms with van der Waals surface area (Å²) in [6.07, 6.45) is 1.51. The lowest BCUT2D eigenvalue weighted by atomic mass is 9.98. The van der Waals surface area contributed by atoms with Gasteiger partial charge in [0.05, 0.1) is 57.1 Å². The molecular formula is C28H39N6O4+. The second-order valence-electron chi connectivity index (χ2n) is 10.9. The number of aromatic nitrogens is 1. The fraction of sp³-hybridized carbons (Fsp3) is 0.500. The van der Waals surface area contributed by atoms with E-state index in [1.807, 2.05) is 13.8 Å². The molecule has 0 bridgehead atoms. The molecule has 10 heteroatoms. The second kappa shape index (κ2) is 10.2. The number of likely N-dealkylation sites (N-methyl/N-ethyl adjacent to an activating group) is 1. The van der Waals surface area contributed by atoms with Crippen LogP contribution in [-0.4, -0.2) is 84.4 Å². The number of aryl methyl sites for hydroxylation is 1. The van der Waals surface area contributed by atoms with Gasteiger partial charge in [-0.3, -0.25) is 14.4 Å². The first-order valence-corrected chi connectivity index (χ1v) is 13.3. The van der Waals surface area contributed by atoms with E-state index in [9.17, 15) is 14.4 Å². The van der Waals surface area contributed by atoms with E-state index >= 15 is 0 Å². The van der Waals surface area contributed by atoms with Gasteiger partial charge in [-0.15, -0.1) is 0 Å². The molecular weight excluding hydrogens is 484 g/mol. The molecule has 1 fully saturated rings. The summed E-state index contributed by atoms with van der Waals surface area (Å²) in [7, 11) is 4.28. The van der Waals surface area contributed by atoms with Crippen molar-refractivity contribution in [3.8, 4) is 11.5 Å². The maximum atomic E-state index is 13.7. The SMILES string of the molecule is CCCN(CCC)C(=O)c1c2nc3c(C(=O)N4CC[N+](C)(C)CC4)cc(N)c(C)c3oc-2c(C)c(=O)c1N. The zero-order chi connectivity index (χ0) is 27.9. The quantitative estimate of drug-likeness (QED) is 0.288. The number of rotatable bonds is 6. The molecule has 2 aliphatic heterocycles. The van der Waals surface area contributed by atoms with Gasteiger partial charge >= 0.3 is 0 Å². The van der Waals surface area contributed by atoms with E-state index in [2.05, 4.69) is 14.1 Å². The van der Waals surface area contributed by atoms with Crippen molar-refractivity contribution in [2.75, 3.05) is 64.8 Å². The van der Waals surface area contributed by atoms with Crippen molar-refractivity contribution in [2.24, 2.45) is 0 Å². The smallest absolute Gasteiger partial charge is 0.258 e. The Morgan fingerprint density at radius 3 is 2.26 bits per heavy atom. The lowest BCUT2D eigenvalue weighted by molar-refractivity contribution is -0.894. The molecule has 1 aromatic rings. The summed E-state index contributed by atoms with van der Waals surface area (Å²) < 4.78 is 7.12. The number of nitrogens with zero attached hydrogens (tertiary/aromatic N) is 4. The Hall–Kier alpha value is -3.66. The number of benzene rings is 2. The molecule has 1 aliphatic carbocycles. The molecule has 3 aliphatic rings. The molecule has 4 N–H and O–H groups in total. The molecule has 0 saturated carbocycles. The first-order chi connectivity index (χ1) is 17.9. The molecule has 10 nitrogen and oxygen atoms in total. The Morgan fingerprint density at radius 1 is 1.08 bits per heavy atom. The number of carbonyl (C=O) groups excluding carboxylic acids is 2. The molecule has 0 radical (unpaired) electrons. The van der Waals surface area contributed by atoms with Crippen LogP contribution in [0.15, 0.2) is 15.3 Å². The minimum absolute atomic E-state index is 0.0213. The summed E-state index contributed by atoms with van der Waals surface area (Å²) in [5.41, 5.74) is 14.4. The lowest BCUT2D eigenvalue weighted by Crippen LogP contribution is -2.56. The van der Waals surface area contributed by atoms with E-state index < -0.39 is 5.43 Å². The van der Waals surface area contributed by atoms with Crippen LogP contribution in [-0.2, 0) is 0 Å². The Bertz CT molecular complexity index is 1430. The number of quaternary nitrogens is 1. The number of nitrogen functional groups attached to an aromatic ring is 2. The monoisotopic (exact) mass is 523 g/mol. The first kappa shape index (κ1) is 27.4. The molecule has 2 amide bonds. The average Bonchev–Trinajstić information content (AvgIpc) is 2.88. The van der Waals surface area contributed by atoms with Gasteiger partial charge in [-0.05, 0) is 32.8 Å².